The molecule has 3 saturated heterocycles. The maximum absolute atomic E-state index is 13.6. The molecule has 12 heteroatoms. The fraction of sp³-hybridized carbons (Fsp3) is 0.722. The molecule has 12 nitrogen and oxygen atoms in total. The quantitative estimate of drug-likeness (QED) is 0.374. The predicted molar refractivity (Wildman–Crippen MR) is 104 cm³/mol. The summed E-state index contributed by atoms with van der Waals surface area (Å²) in [6.45, 7) is 5.43. The Hall–Kier alpha value is -2.82. The number of carbonyl (C=O) groups is 1. The van der Waals surface area contributed by atoms with E-state index in [2.05, 4.69) is 20.0 Å². The van der Waals surface area contributed by atoms with Crippen molar-refractivity contribution >= 4 is 6.03 Å². The first-order valence-electron chi connectivity index (χ1n) is 9.96. The van der Waals surface area contributed by atoms with Crippen LogP contribution in [0.3, 0.4) is 0 Å². The molecule has 3 fully saturated rings. The van der Waals surface area contributed by atoms with Crippen molar-refractivity contribution in [3.8, 4) is 0 Å². The number of hydrogen-bond donors (Lipinski definition) is 3. The van der Waals surface area contributed by atoms with Crippen LogP contribution >= 0.6 is 0 Å². The number of aromatic amines is 2. The number of urea groups is 1. The number of aromatic nitrogens is 2. The SMILES string of the molecule is C[C@@H]1[C@@H](CN=[N+]=[N-])N2C(=O)N3[C@H](C[C@H]2C[C@@H]1O)[C@@H](c1cc(=O)[nH]c(=O)[nH]1)OC3(C)C. The third-order valence-electron chi connectivity index (χ3n) is 6.51. The molecule has 0 bridgehead atoms. The molecule has 0 unspecified atom stereocenters. The van der Waals surface area contributed by atoms with E-state index >= 15 is 0 Å². The molecule has 0 spiro atoms. The summed E-state index contributed by atoms with van der Waals surface area (Å²) in [4.78, 5) is 48.1. The Bertz CT molecular complexity index is 984. The Kier molecular flexibility index (Phi) is 4.88. The van der Waals surface area contributed by atoms with Crippen LogP contribution in [0.2, 0.25) is 0 Å². The van der Waals surface area contributed by atoms with Gasteiger partial charge in [0.15, 0.2) is 0 Å². The largest absolute Gasteiger partial charge is 0.393 e. The van der Waals surface area contributed by atoms with Crippen molar-refractivity contribution in [2.75, 3.05) is 6.54 Å². The standard InChI is InChI=1S/C18H25N7O5/c1-8-12(7-20-23-19)24-9(5-13(8)26)4-11-15(10-6-14(27)22-16(28)21-10)30-18(2,3)25(11)17(24)29/h6,8-9,11-13,15,26H,4-5,7H2,1-3H3,(H2,21,22,27,28)/t8-,9+,11-,12-,13+,15-/m1/s1. The summed E-state index contributed by atoms with van der Waals surface area (Å²) in [5.74, 6) is -0.251. The van der Waals surface area contributed by atoms with Crippen LogP contribution < -0.4 is 11.2 Å². The first-order chi connectivity index (χ1) is 14.1. The molecule has 0 radical (unpaired) electrons. The Morgan fingerprint density at radius 2 is 2.07 bits per heavy atom. The highest BCUT2D eigenvalue weighted by atomic mass is 16.5. The highest BCUT2D eigenvalue weighted by Crippen LogP contribution is 2.48. The smallest absolute Gasteiger partial charge is 0.325 e. The maximum atomic E-state index is 13.6. The Morgan fingerprint density at radius 3 is 2.73 bits per heavy atom. The number of carbonyl (C=O) groups excluding carboxylic acids is 1. The van der Waals surface area contributed by atoms with Gasteiger partial charge in [0.1, 0.15) is 11.8 Å². The Labute approximate surface area is 171 Å². The van der Waals surface area contributed by atoms with Crippen LogP contribution in [0.25, 0.3) is 10.4 Å². The lowest BCUT2D eigenvalue weighted by molar-refractivity contribution is -0.0848. The van der Waals surface area contributed by atoms with Crippen LogP contribution in [0, 0.1) is 5.92 Å². The highest BCUT2D eigenvalue weighted by Gasteiger charge is 2.58. The molecule has 1 aromatic heterocycles. The number of amides is 2. The molecular weight excluding hydrogens is 394 g/mol. The molecular formula is C18H25N7O5. The van der Waals surface area contributed by atoms with Crippen molar-refractivity contribution in [3.63, 3.8) is 0 Å². The molecule has 6 atom stereocenters. The molecule has 162 valence electrons. The molecule has 2 amide bonds. The fourth-order valence-corrected chi connectivity index (χ4v) is 5.17. The Balaban J connectivity index is 1.74. The van der Waals surface area contributed by atoms with Crippen LogP contribution in [0.15, 0.2) is 20.8 Å². The zero-order valence-corrected chi connectivity index (χ0v) is 17.0. The molecule has 0 saturated carbocycles. The van der Waals surface area contributed by atoms with Gasteiger partial charge in [-0.2, -0.15) is 0 Å². The van der Waals surface area contributed by atoms with E-state index < -0.39 is 41.3 Å². The van der Waals surface area contributed by atoms with Crippen molar-refractivity contribution in [1.82, 2.24) is 19.8 Å². The minimum absolute atomic E-state index is 0.0710. The zero-order valence-electron chi connectivity index (χ0n) is 17.0. The molecule has 4 heterocycles. The number of rotatable bonds is 3. The van der Waals surface area contributed by atoms with Crippen molar-refractivity contribution in [2.24, 2.45) is 11.0 Å². The van der Waals surface area contributed by atoms with Crippen LogP contribution in [-0.2, 0) is 4.74 Å². The van der Waals surface area contributed by atoms with E-state index in [4.69, 9.17) is 10.3 Å². The molecule has 3 aliphatic heterocycles. The monoisotopic (exact) mass is 419 g/mol. The van der Waals surface area contributed by atoms with E-state index in [1.54, 1.807) is 23.6 Å². The van der Waals surface area contributed by atoms with Gasteiger partial charge < -0.3 is 19.7 Å². The lowest BCUT2D eigenvalue weighted by Gasteiger charge is -2.54. The number of azide groups is 1. The number of fused-ring (bicyclic) bond motifs is 2. The van der Waals surface area contributed by atoms with E-state index in [0.717, 1.165) is 0 Å². The van der Waals surface area contributed by atoms with E-state index in [1.165, 1.54) is 6.07 Å². The molecule has 30 heavy (non-hydrogen) atoms. The van der Waals surface area contributed by atoms with E-state index in [9.17, 15) is 19.5 Å². The molecule has 1 aromatic rings. The summed E-state index contributed by atoms with van der Waals surface area (Å²) in [5.41, 5.74) is 6.89. The van der Waals surface area contributed by atoms with Gasteiger partial charge in [-0.3, -0.25) is 14.7 Å². The van der Waals surface area contributed by atoms with Crippen molar-refractivity contribution in [2.45, 2.75) is 69.7 Å². The van der Waals surface area contributed by atoms with Gasteiger partial charge in [0, 0.05) is 35.5 Å². The summed E-state index contributed by atoms with van der Waals surface area (Å²) in [5, 5.41) is 14.2. The molecule has 3 aliphatic rings. The molecule has 0 aliphatic carbocycles. The number of hydrogen-bond acceptors (Lipinski definition) is 6. The summed E-state index contributed by atoms with van der Waals surface area (Å²) in [6, 6.07) is -0.139. The topological polar surface area (TPSA) is 167 Å². The lowest BCUT2D eigenvalue weighted by Crippen LogP contribution is -2.68. The zero-order chi connectivity index (χ0) is 21.8. The van der Waals surface area contributed by atoms with Gasteiger partial charge in [0.25, 0.3) is 5.56 Å². The fourth-order valence-electron chi connectivity index (χ4n) is 5.17. The van der Waals surface area contributed by atoms with Gasteiger partial charge in [-0.05, 0) is 32.2 Å². The number of nitrogens with one attached hydrogen (secondary N) is 2. The predicted octanol–water partition coefficient (Wildman–Crippen LogP) is 0.815. The number of H-pyrrole nitrogens is 2. The number of ether oxygens (including phenoxy) is 1. The van der Waals surface area contributed by atoms with E-state index in [1.807, 2.05) is 6.92 Å². The summed E-state index contributed by atoms with van der Waals surface area (Å²) < 4.78 is 6.15. The highest BCUT2D eigenvalue weighted by molar-refractivity contribution is 5.78. The lowest BCUT2D eigenvalue weighted by atomic mass is 9.80. The minimum Gasteiger partial charge on any atom is -0.393 e. The van der Waals surface area contributed by atoms with Gasteiger partial charge in [0.05, 0.1) is 17.8 Å². The van der Waals surface area contributed by atoms with E-state index in [-0.39, 0.29) is 24.5 Å². The van der Waals surface area contributed by atoms with E-state index in [0.29, 0.717) is 18.5 Å². The third kappa shape index (κ3) is 3.17. The van der Waals surface area contributed by atoms with Gasteiger partial charge in [0.2, 0.25) is 0 Å². The first-order valence-corrected chi connectivity index (χ1v) is 9.96. The van der Waals surface area contributed by atoms with Gasteiger partial charge in [-0.25, -0.2) is 9.59 Å². The molecule has 4 rings (SSSR count). The normalized spacial score (nSPS) is 34.9. The van der Waals surface area contributed by atoms with Gasteiger partial charge in [-0.1, -0.05) is 12.0 Å². The summed E-state index contributed by atoms with van der Waals surface area (Å²) in [6.07, 6.45) is -0.459. The van der Waals surface area contributed by atoms with Crippen LogP contribution in [0.4, 0.5) is 4.79 Å². The van der Waals surface area contributed by atoms with Gasteiger partial charge in [-0.15, -0.1) is 0 Å². The average Bonchev–Trinajstić information content (AvgIpc) is 2.93. The third-order valence-corrected chi connectivity index (χ3v) is 6.51. The average molecular weight is 419 g/mol. The molecule has 0 aromatic carbocycles. The van der Waals surface area contributed by atoms with Crippen molar-refractivity contribution in [1.29, 1.82) is 0 Å². The second-order valence-electron chi connectivity index (χ2n) is 8.69. The second kappa shape index (κ2) is 7.15. The number of aliphatic hydroxyl groups excluding tert-OH is 1. The summed E-state index contributed by atoms with van der Waals surface area (Å²) >= 11 is 0. The van der Waals surface area contributed by atoms with Crippen molar-refractivity contribution in [3.05, 3.63) is 43.0 Å². The van der Waals surface area contributed by atoms with Crippen LogP contribution in [0.5, 0.6) is 0 Å². The maximum Gasteiger partial charge on any atom is 0.325 e. The first kappa shape index (κ1) is 20.5. The van der Waals surface area contributed by atoms with Crippen LogP contribution in [-0.4, -0.2) is 67.4 Å². The second-order valence-corrected chi connectivity index (χ2v) is 8.69. The van der Waals surface area contributed by atoms with Gasteiger partial charge >= 0.3 is 11.7 Å². The van der Waals surface area contributed by atoms with Crippen molar-refractivity contribution < 1.29 is 14.6 Å². The number of aliphatic hydroxyl groups is 1. The number of piperidine rings is 1. The molecule has 3 N–H and O–H groups in total. The van der Waals surface area contributed by atoms with Crippen LogP contribution in [0.1, 0.15) is 45.4 Å². The minimum atomic E-state index is -0.987. The summed E-state index contributed by atoms with van der Waals surface area (Å²) in [7, 11) is 0. The Morgan fingerprint density at radius 1 is 1.33 bits per heavy atom. The number of nitrogens with zero attached hydrogens (tertiary/aromatic N) is 5.